The number of ketones is 1. The van der Waals surface area contributed by atoms with Crippen molar-refractivity contribution in [3.63, 3.8) is 0 Å². The Kier molecular flexibility index (Phi) is 3.58. The number of ether oxygens (including phenoxy) is 1. The lowest BCUT2D eigenvalue weighted by atomic mass is 9.76. The van der Waals surface area contributed by atoms with Crippen LogP contribution in [0.5, 0.6) is 0 Å². The molecule has 1 aliphatic carbocycles. The van der Waals surface area contributed by atoms with E-state index in [-0.39, 0.29) is 23.5 Å². The lowest BCUT2D eigenvalue weighted by Gasteiger charge is -2.32. The van der Waals surface area contributed by atoms with Gasteiger partial charge >= 0.3 is 0 Å². The fourth-order valence-corrected chi connectivity index (χ4v) is 4.00. The van der Waals surface area contributed by atoms with Crippen molar-refractivity contribution in [1.82, 2.24) is 0 Å². The highest BCUT2D eigenvalue weighted by molar-refractivity contribution is 5.99. The highest BCUT2D eigenvalue weighted by Gasteiger charge is 2.38. The van der Waals surface area contributed by atoms with Gasteiger partial charge in [0.15, 0.2) is 5.78 Å². The Morgan fingerprint density at radius 2 is 1.92 bits per heavy atom. The molecule has 0 bridgehead atoms. The molecule has 4 nitrogen and oxygen atoms in total. The van der Waals surface area contributed by atoms with Crippen LogP contribution in [0.15, 0.2) is 65.3 Å². The molecule has 124 valence electrons. The van der Waals surface area contributed by atoms with Crippen molar-refractivity contribution in [2.45, 2.75) is 25.7 Å². The number of nitriles is 1. The van der Waals surface area contributed by atoms with Gasteiger partial charge in [-0.05, 0) is 22.3 Å². The predicted octanol–water partition coefficient (Wildman–Crippen LogP) is 3.90. The van der Waals surface area contributed by atoms with Crippen LogP contribution in [0.25, 0.3) is 10.8 Å². The second-order valence-electron chi connectivity index (χ2n) is 6.65. The molecule has 0 amide bonds. The molecule has 2 aromatic carbocycles. The molecule has 0 radical (unpaired) electrons. The molecule has 0 spiro atoms. The molecule has 2 aromatic rings. The number of hydrogen-bond donors (Lipinski definition) is 1. The first-order chi connectivity index (χ1) is 12.1. The summed E-state index contributed by atoms with van der Waals surface area (Å²) < 4.78 is 5.69. The molecule has 1 heterocycles. The third-order valence-electron chi connectivity index (χ3n) is 5.21. The standard InChI is InChI=1S/C21H18N2O2/c1-12-17(11-22)21(23)25-19-10-14(9-18(24)20(12)19)16-8-4-6-13-5-2-3-7-15(13)16/h2-8,12,14H,9-10,23H2,1H3/t12-,14+/m0/s1. The second kappa shape index (κ2) is 5.78. The zero-order valence-electron chi connectivity index (χ0n) is 14.0. The summed E-state index contributed by atoms with van der Waals surface area (Å²) >= 11 is 0. The molecule has 2 atom stereocenters. The summed E-state index contributed by atoms with van der Waals surface area (Å²) in [6.07, 6.45) is 1.05. The Morgan fingerprint density at radius 1 is 1.16 bits per heavy atom. The van der Waals surface area contributed by atoms with Gasteiger partial charge in [-0.25, -0.2) is 0 Å². The van der Waals surface area contributed by atoms with E-state index in [0.717, 1.165) is 16.3 Å². The van der Waals surface area contributed by atoms with E-state index in [2.05, 4.69) is 30.3 Å². The molecule has 25 heavy (non-hydrogen) atoms. The Labute approximate surface area is 146 Å². The normalized spacial score (nSPS) is 23.3. The summed E-state index contributed by atoms with van der Waals surface area (Å²) in [5, 5.41) is 11.6. The van der Waals surface area contributed by atoms with E-state index in [1.54, 1.807) is 0 Å². The number of fused-ring (bicyclic) bond motifs is 1. The van der Waals surface area contributed by atoms with Gasteiger partial charge in [-0.2, -0.15) is 5.26 Å². The molecule has 4 rings (SSSR count). The summed E-state index contributed by atoms with van der Waals surface area (Å²) in [6, 6.07) is 16.4. The van der Waals surface area contributed by atoms with Crippen LogP contribution in [0.1, 0.15) is 31.2 Å². The molecule has 2 N–H and O–H groups in total. The lowest BCUT2D eigenvalue weighted by molar-refractivity contribution is -0.117. The van der Waals surface area contributed by atoms with Gasteiger partial charge in [-0.15, -0.1) is 0 Å². The van der Waals surface area contributed by atoms with Crippen molar-refractivity contribution >= 4 is 16.6 Å². The number of hydrogen-bond acceptors (Lipinski definition) is 4. The van der Waals surface area contributed by atoms with E-state index in [0.29, 0.717) is 29.7 Å². The van der Waals surface area contributed by atoms with Crippen LogP contribution in [0.3, 0.4) is 0 Å². The van der Waals surface area contributed by atoms with Crippen LogP contribution in [-0.4, -0.2) is 5.78 Å². The predicted molar refractivity (Wildman–Crippen MR) is 95.0 cm³/mol. The maximum atomic E-state index is 12.8. The van der Waals surface area contributed by atoms with Gasteiger partial charge in [-0.1, -0.05) is 49.4 Å². The Hall–Kier alpha value is -3.06. The molecular weight excluding hydrogens is 312 g/mol. The molecule has 0 saturated carbocycles. The van der Waals surface area contributed by atoms with Crippen molar-refractivity contribution < 1.29 is 9.53 Å². The molecule has 0 fully saturated rings. The molecule has 0 aromatic heterocycles. The summed E-state index contributed by atoms with van der Waals surface area (Å²) in [7, 11) is 0. The van der Waals surface area contributed by atoms with Crippen molar-refractivity contribution in [2.24, 2.45) is 11.7 Å². The first-order valence-electron chi connectivity index (χ1n) is 8.41. The zero-order valence-corrected chi connectivity index (χ0v) is 14.0. The van der Waals surface area contributed by atoms with Crippen LogP contribution in [0.4, 0.5) is 0 Å². The third kappa shape index (κ3) is 2.40. The van der Waals surface area contributed by atoms with E-state index < -0.39 is 0 Å². The number of Topliss-reactive ketones (excluding diaryl/α,β-unsaturated/α-hetero) is 1. The zero-order chi connectivity index (χ0) is 17.6. The maximum Gasteiger partial charge on any atom is 0.204 e. The highest BCUT2D eigenvalue weighted by atomic mass is 16.5. The summed E-state index contributed by atoms with van der Waals surface area (Å²) in [4.78, 5) is 12.8. The molecule has 0 unspecified atom stereocenters. The summed E-state index contributed by atoms with van der Waals surface area (Å²) in [5.74, 6) is 0.556. The molecule has 2 aliphatic rings. The Balaban J connectivity index is 1.76. The largest absolute Gasteiger partial charge is 0.444 e. The molecule has 4 heteroatoms. The number of rotatable bonds is 1. The third-order valence-corrected chi connectivity index (χ3v) is 5.21. The number of allylic oxidation sites excluding steroid dienone is 3. The maximum absolute atomic E-state index is 12.8. The van der Waals surface area contributed by atoms with Crippen molar-refractivity contribution in [2.75, 3.05) is 0 Å². The van der Waals surface area contributed by atoms with Gasteiger partial charge < -0.3 is 10.5 Å². The Morgan fingerprint density at radius 3 is 2.72 bits per heavy atom. The van der Waals surface area contributed by atoms with Gasteiger partial charge in [0.2, 0.25) is 5.88 Å². The molecule has 0 saturated heterocycles. The fraction of sp³-hybridized carbons (Fsp3) is 0.238. The summed E-state index contributed by atoms with van der Waals surface area (Å²) in [6.45, 7) is 1.85. The van der Waals surface area contributed by atoms with Gasteiger partial charge in [-0.3, -0.25) is 4.79 Å². The van der Waals surface area contributed by atoms with Crippen molar-refractivity contribution in [1.29, 1.82) is 5.26 Å². The minimum atomic E-state index is -0.297. The number of nitrogens with zero attached hydrogens (tertiary/aromatic N) is 1. The van der Waals surface area contributed by atoms with Gasteiger partial charge in [0.1, 0.15) is 11.8 Å². The van der Waals surface area contributed by atoms with Crippen LogP contribution >= 0.6 is 0 Å². The average molecular weight is 330 g/mol. The molecule has 1 aliphatic heterocycles. The molecular formula is C21H18N2O2. The average Bonchev–Trinajstić information content (AvgIpc) is 2.60. The van der Waals surface area contributed by atoms with Crippen molar-refractivity contribution in [3.8, 4) is 6.07 Å². The van der Waals surface area contributed by atoms with Gasteiger partial charge in [0.05, 0.1) is 5.57 Å². The smallest absolute Gasteiger partial charge is 0.204 e. The monoisotopic (exact) mass is 330 g/mol. The minimum Gasteiger partial charge on any atom is -0.444 e. The number of carbonyl (C=O) groups is 1. The summed E-state index contributed by atoms with van der Waals surface area (Å²) in [5.41, 5.74) is 8.01. The number of nitrogens with two attached hydrogens (primary N) is 1. The van der Waals surface area contributed by atoms with Crippen LogP contribution in [-0.2, 0) is 9.53 Å². The van der Waals surface area contributed by atoms with Crippen LogP contribution in [0.2, 0.25) is 0 Å². The highest BCUT2D eigenvalue weighted by Crippen LogP contribution is 2.43. The number of carbonyl (C=O) groups excluding carboxylic acids is 1. The Bertz CT molecular complexity index is 989. The van der Waals surface area contributed by atoms with Gasteiger partial charge in [0.25, 0.3) is 0 Å². The quantitative estimate of drug-likeness (QED) is 0.860. The van der Waals surface area contributed by atoms with E-state index in [1.165, 1.54) is 0 Å². The first-order valence-corrected chi connectivity index (χ1v) is 8.41. The van der Waals surface area contributed by atoms with Crippen LogP contribution < -0.4 is 5.73 Å². The van der Waals surface area contributed by atoms with E-state index >= 15 is 0 Å². The SMILES string of the molecule is C[C@H]1C(C#N)=C(N)OC2=C1C(=O)C[C@@H](c1cccc3ccccc13)C2. The van der Waals surface area contributed by atoms with Crippen LogP contribution in [0, 0.1) is 17.2 Å². The second-order valence-corrected chi connectivity index (χ2v) is 6.65. The topological polar surface area (TPSA) is 76.1 Å². The van der Waals surface area contributed by atoms with E-state index in [9.17, 15) is 10.1 Å². The fourth-order valence-electron chi connectivity index (χ4n) is 4.00. The van der Waals surface area contributed by atoms with Gasteiger partial charge in [0, 0.05) is 24.3 Å². The number of benzene rings is 2. The minimum absolute atomic E-state index is 0.0481. The first kappa shape index (κ1) is 15.5. The van der Waals surface area contributed by atoms with E-state index in [1.807, 2.05) is 25.1 Å². The lowest BCUT2D eigenvalue weighted by Crippen LogP contribution is -2.29. The van der Waals surface area contributed by atoms with E-state index in [4.69, 9.17) is 10.5 Å². The van der Waals surface area contributed by atoms with Crippen molar-refractivity contribution in [3.05, 3.63) is 70.8 Å².